The normalized spacial score (nSPS) is 14.6. The van der Waals surface area contributed by atoms with E-state index in [4.69, 9.17) is 0 Å². The first kappa shape index (κ1) is 22.6. The molecule has 1 atom stereocenters. The van der Waals surface area contributed by atoms with Crippen molar-refractivity contribution in [2.75, 3.05) is 5.32 Å². The fourth-order valence-electron chi connectivity index (χ4n) is 3.86. The number of aromatic nitrogens is 4. The van der Waals surface area contributed by atoms with Crippen LogP contribution in [-0.4, -0.2) is 41.9 Å². The monoisotopic (exact) mass is 454 g/mol. The zero-order chi connectivity index (χ0) is 24.1. The molecule has 0 radical (unpaired) electrons. The second-order valence-electron chi connectivity index (χ2n) is 9.37. The van der Waals surface area contributed by atoms with Crippen molar-refractivity contribution in [1.29, 1.82) is 0 Å². The van der Waals surface area contributed by atoms with Gasteiger partial charge in [-0.1, -0.05) is 27.7 Å². The van der Waals surface area contributed by atoms with Gasteiger partial charge in [-0.3, -0.25) is 14.4 Å². The van der Waals surface area contributed by atoms with Gasteiger partial charge in [-0.05, 0) is 25.5 Å². The van der Waals surface area contributed by atoms with Crippen molar-refractivity contribution in [1.82, 2.24) is 24.1 Å². The summed E-state index contributed by atoms with van der Waals surface area (Å²) in [7, 11) is 0. The molecule has 10 heteroatoms. The number of hydrogen-bond acceptors (Lipinski definition) is 5. The fraction of sp³-hybridized carbons (Fsp3) is 0.435. The van der Waals surface area contributed by atoms with Gasteiger partial charge in [-0.25, -0.2) is 9.37 Å². The zero-order valence-corrected chi connectivity index (χ0v) is 19.3. The van der Waals surface area contributed by atoms with Crippen molar-refractivity contribution in [2.24, 2.45) is 0 Å². The fourth-order valence-corrected chi connectivity index (χ4v) is 3.86. The molecule has 2 amide bonds. The summed E-state index contributed by atoms with van der Waals surface area (Å²) in [5.41, 5.74) is 0.869. The minimum atomic E-state index is -0.516. The summed E-state index contributed by atoms with van der Waals surface area (Å²) in [5, 5.41) is 7.12. The SMILES string of the molecule is CCC(C)N1Cc2c(n(CC(=O)Nc3ccc(F)cn3)c3cc(C(C)(C)C)nn3c2=O)C1=O. The summed E-state index contributed by atoms with van der Waals surface area (Å²) in [6.07, 6.45) is 1.74. The van der Waals surface area contributed by atoms with E-state index in [1.165, 1.54) is 16.6 Å². The first-order chi connectivity index (χ1) is 15.5. The van der Waals surface area contributed by atoms with Crippen LogP contribution >= 0.6 is 0 Å². The molecule has 0 fully saturated rings. The molecule has 4 heterocycles. The van der Waals surface area contributed by atoms with Crippen molar-refractivity contribution in [3.05, 3.63) is 57.5 Å². The van der Waals surface area contributed by atoms with Gasteiger partial charge in [0.1, 0.15) is 29.5 Å². The first-order valence-electron chi connectivity index (χ1n) is 10.9. The Morgan fingerprint density at radius 3 is 2.61 bits per heavy atom. The van der Waals surface area contributed by atoms with E-state index in [2.05, 4.69) is 15.4 Å². The quantitative estimate of drug-likeness (QED) is 0.639. The summed E-state index contributed by atoms with van der Waals surface area (Å²) in [5.74, 6) is -1.08. The number of amides is 2. The van der Waals surface area contributed by atoms with E-state index in [1.807, 2.05) is 34.6 Å². The lowest BCUT2D eigenvalue weighted by atomic mass is 9.93. The van der Waals surface area contributed by atoms with Gasteiger partial charge < -0.3 is 14.8 Å². The topological polar surface area (TPSA) is 102 Å². The van der Waals surface area contributed by atoms with E-state index in [9.17, 15) is 18.8 Å². The number of rotatable bonds is 5. The van der Waals surface area contributed by atoms with Crippen molar-refractivity contribution in [2.45, 2.75) is 65.6 Å². The Labute approximate surface area is 190 Å². The summed E-state index contributed by atoms with van der Waals surface area (Å²) in [4.78, 5) is 45.0. The lowest BCUT2D eigenvalue weighted by Gasteiger charge is -2.22. The van der Waals surface area contributed by atoms with Gasteiger partial charge in [0, 0.05) is 17.5 Å². The summed E-state index contributed by atoms with van der Waals surface area (Å²) < 4.78 is 16.0. The number of pyridine rings is 1. The molecule has 174 valence electrons. The maximum atomic E-state index is 13.3. The number of hydrogen-bond donors (Lipinski definition) is 1. The average molecular weight is 455 g/mol. The number of carbonyl (C=O) groups is 2. The number of halogens is 1. The molecule has 0 aliphatic carbocycles. The lowest BCUT2D eigenvalue weighted by Crippen LogP contribution is -2.34. The van der Waals surface area contributed by atoms with Gasteiger partial charge in [0.15, 0.2) is 0 Å². The number of nitrogens with zero attached hydrogens (tertiary/aromatic N) is 5. The van der Waals surface area contributed by atoms with E-state index in [0.29, 0.717) is 16.9 Å². The molecule has 0 saturated heterocycles. The molecule has 1 N–H and O–H groups in total. The molecule has 0 bridgehead atoms. The van der Waals surface area contributed by atoms with Crippen LogP contribution in [0.3, 0.4) is 0 Å². The number of nitrogens with one attached hydrogen (secondary N) is 1. The molecule has 4 rings (SSSR count). The van der Waals surface area contributed by atoms with Crippen LogP contribution in [0.5, 0.6) is 0 Å². The Bertz CT molecular complexity index is 1300. The Hall–Kier alpha value is -3.56. The molecule has 1 aliphatic heterocycles. The van der Waals surface area contributed by atoms with Crippen LogP contribution in [0.2, 0.25) is 0 Å². The molecule has 3 aromatic rings. The summed E-state index contributed by atoms with van der Waals surface area (Å²) >= 11 is 0. The molecule has 0 aromatic carbocycles. The third-order valence-corrected chi connectivity index (χ3v) is 5.95. The van der Waals surface area contributed by atoms with Crippen LogP contribution in [0, 0.1) is 5.82 Å². The summed E-state index contributed by atoms with van der Waals surface area (Å²) in [6, 6.07) is 4.22. The Morgan fingerprint density at radius 1 is 1.27 bits per heavy atom. The highest BCUT2D eigenvalue weighted by atomic mass is 19.1. The zero-order valence-electron chi connectivity index (χ0n) is 19.3. The lowest BCUT2D eigenvalue weighted by molar-refractivity contribution is -0.116. The van der Waals surface area contributed by atoms with Crippen molar-refractivity contribution < 1.29 is 14.0 Å². The second kappa shape index (κ2) is 8.09. The van der Waals surface area contributed by atoms with E-state index >= 15 is 0 Å². The van der Waals surface area contributed by atoms with Crippen molar-refractivity contribution >= 4 is 23.3 Å². The van der Waals surface area contributed by atoms with Crippen LogP contribution < -0.4 is 10.9 Å². The third kappa shape index (κ3) is 4.01. The number of anilines is 1. The molecule has 1 aliphatic rings. The number of carbonyl (C=O) groups excluding carboxylic acids is 2. The molecule has 3 aromatic heterocycles. The standard InChI is InChI=1S/C23H27FN6O3/c1-6-13(2)28-11-15-20(22(28)33)29(12-18(31)26-17-8-7-14(24)10-25-17)19-9-16(23(3,4)5)27-30(19)21(15)32/h7-10,13H,6,11-12H2,1-5H3,(H,25,26,31). The minimum Gasteiger partial charge on any atom is -0.330 e. The molecule has 9 nitrogen and oxygen atoms in total. The van der Waals surface area contributed by atoms with Crippen LogP contribution in [0.4, 0.5) is 10.2 Å². The molecule has 1 unspecified atom stereocenters. The number of fused-ring (bicyclic) bond motifs is 2. The third-order valence-electron chi connectivity index (χ3n) is 5.95. The molecule has 0 saturated carbocycles. The average Bonchev–Trinajstić information content (AvgIpc) is 3.35. The Morgan fingerprint density at radius 2 is 2.00 bits per heavy atom. The van der Waals surface area contributed by atoms with Gasteiger partial charge in [0.05, 0.1) is 24.0 Å². The highest BCUT2D eigenvalue weighted by Gasteiger charge is 2.37. The Kier molecular flexibility index (Phi) is 5.55. The van der Waals surface area contributed by atoms with Crippen LogP contribution in [-0.2, 0) is 23.3 Å². The van der Waals surface area contributed by atoms with Gasteiger partial charge in [-0.15, -0.1) is 0 Å². The molecule has 0 spiro atoms. The molecule has 33 heavy (non-hydrogen) atoms. The van der Waals surface area contributed by atoms with Crippen LogP contribution in [0.15, 0.2) is 29.2 Å². The molecular formula is C23H27FN6O3. The maximum absolute atomic E-state index is 13.3. The van der Waals surface area contributed by atoms with Crippen LogP contribution in [0.1, 0.15) is 62.8 Å². The van der Waals surface area contributed by atoms with Gasteiger partial charge in [-0.2, -0.15) is 9.61 Å². The highest BCUT2D eigenvalue weighted by Crippen LogP contribution is 2.27. The van der Waals surface area contributed by atoms with E-state index in [0.717, 1.165) is 12.6 Å². The van der Waals surface area contributed by atoms with Crippen molar-refractivity contribution in [3.63, 3.8) is 0 Å². The predicted molar refractivity (Wildman–Crippen MR) is 121 cm³/mol. The van der Waals surface area contributed by atoms with E-state index in [1.54, 1.807) is 15.5 Å². The Balaban J connectivity index is 1.83. The van der Waals surface area contributed by atoms with Crippen LogP contribution in [0.25, 0.3) is 5.65 Å². The smallest absolute Gasteiger partial charge is 0.280 e. The minimum absolute atomic E-state index is 0.0625. The first-order valence-corrected chi connectivity index (χ1v) is 10.9. The van der Waals surface area contributed by atoms with E-state index in [-0.39, 0.29) is 47.5 Å². The predicted octanol–water partition coefficient (Wildman–Crippen LogP) is 2.72. The van der Waals surface area contributed by atoms with Gasteiger partial charge >= 0.3 is 0 Å². The van der Waals surface area contributed by atoms with E-state index < -0.39 is 11.7 Å². The molecular weight excluding hydrogens is 427 g/mol. The van der Waals surface area contributed by atoms with Gasteiger partial charge in [0.25, 0.3) is 11.5 Å². The van der Waals surface area contributed by atoms with Gasteiger partial charge in [0.2, 0.25) is 5.91 Å². The largest absolute Gasteiger partial charge is 0.330 e. The second-order valence-corrected chi connectivity index (χ2v) is 9.37. The maximum Gasteiger partial charge on any atom is 0.280 e. The summed E-state index contributed by atoms with van der Waals surface area (Å²) in [6.45, 7) is 9.75. The van der Waals surface area contributed by atoms with Crippen molar-refractivity contribution in [3.8, 4) is 0 Å². The highest BCUT2D eigenvalue weighted by molar-refractivity contribution is 5.98.